The molecule has 0 saturated carbocycles. The molecule has 0 unspecified atom stereocenters. The number of carbonyl (C=O) groups is 1. The van der Waals surface area contributed by atoms with Gasteiger partial charge in [-0.15, -0.1) is 0 Å². The van der Waals surface area contributed by atoms with Crippen LogP contribution in [-0.4, -0.2) is 22.4 Å². The number of carbonyl (C=O) groups excluding carboxylic acids is 1. The molecule has 0 aliphatic carbocycles. The summed E-state index contributed by atoms with van der Waals surface area (Å²) in [5.41, 5.74) is 5.86. The normalized spacial score (nSPS) is 9.42. The molecule has 5 nitrogen and oxygen atoms in total. The van der Waals surface area contributed by atoms with E-state index in [0.29, 0.717) is 6.54 Å². The summed E-state index contributed by atoms with van der Waals surface area (Å²) in [6.07, 6.45) is 3.06. The van der Waals surface area contributed by atoms with Crippen molar-refractivity contribution >= 4 is 5.91 Å². The molecule has 1 aromatic heterocycles. The lowest BCUT2D eigenvalue weighted by Gasteiger charge is -2.00. The summed E-state index contributed by atoms with van der Waals surface area (Å²) >= 11 is 0. The minimum absolute atomic E-state index is 0.00504. The van der Waals surface area contributed by atoms with E-state index in [0.717, 1.165) is 5.69 Å². The van der Waals surface area contributed by atoms with Crippen LogP contribution in [0.2, 0.25) is 0 Å². The summed E-state index contributed by atoms with van der Waals surface area (Å²) in [6, 6.07) is 1.73. The van der Waals surface area contributed by atoms with E-state index in [1.165, 1.54) is 6.33 Å². The molecular formula is C7H10N4O. The van der Waals surface area contributed by atoms with Crippen LogP contribution in [0.25, 0.3) is 0 Å². The Morgan fingerprint density at radius 3 is 3.08 bits per heavy atom. The molecular weight excluding hydrogens is 156 g/mol. The Kier molecular flexibility index (Phi) is 3.16. The van der Waals surface area contributed by atoms with Crippen molar-refractivity contribution in [2.24, 2.45) is 5.73 Å². The summed E-state index contributed by atoms with van der Waals surface area (Å²) in [6.45, 7) is 0.406. The van der Waals surface area contributed by atoms with Crippen LogP contribution in [-0.2, 0) is 11.3 Å². The van der Waals surface area contributed by atoms with E-state index >= 15 is 0 Å². The molecule has 12 heavy (non-hydrogen) atoms. The maximum atomic E-state index is 10.7. The second kappa shape index (κ2) is 4.40. The molecule has 1 amide bonds. The maximum Gasteiger partial charge on any atom is 0.234 e. The summed E-state index contributed by atoms with van der Waals surface area (Å²) in [4.78, 5) is 18.4. The van der Waals surface area contributed by atoms with Gasteiger partial charge in [-0.3, -0.25) is 4.79 Å². The fraction of sp³-hybridized carbons (Fsp3) is 0.286. The Balaban J connectivity index is 2.38. The molecule has 1 rings (SSSR count). The van der Waals surface area contributed by atoms with E-state index in [-0.39, 0.29) is 12.5 Å². The molecule has 0 fully saturated rings. The number of rotatable bonds is 3. The van der Waals surface area contributed by atoms with E-state index in [2.05, 4.69) is 15.3 Å². The van der Waals surface area contributed by atoms with Crippen molar-refractivity contribution in [1.29, 1.82) is 0 Å². The summed E-state index contributed by atoms with van der Waals surface area (Å²) in [5.74, 6) is -0.186. The van der Waals surface area contributed by atoms with Crippen LogP contribution in [0, 0.1) is 0 Å². The summed E-state index contributed by atoms with van der Waals surface area (Å²) in [7, 11) is 0. The van der Waals surface area contributed by atoms with Gasteiger partial charge in [0, 0.05) is 6.20 Å². The van der Waals surface area contributed by atoms with Gasteiger partial charge < -0.3 is 11.1 Å². The molecule has 1 heterocycles. The van der Waals surface area contributed by atoms with Gasteiger partial charge in [-0.25, -0.2) is 9.97 Å². The molecule has 0 aromatic carbocycles. The smallest absolute Gasteiger partial charge is 0.234 e. The number of nitrogens with two attached hydrogens (primary N) is 1. The van der Waals surface area contributed by atoms with Crippen molar-refractivity contribution in [3.63, 3.8) is 0 Å². The highest BCUT2D eigenvalue weighted by atomic mass is 16.1. The monoisotopic (exact) mass is 166 g/mol. The zero-order chi connectivity index (χ0) is 8.81. The highest BCUT2D eigenvalue weighted by Gasteiger charge is 1.96. The molecule has 3 N–H and O–H groups in total. The van der Waals surface area contributed by atoms with E-state index in [4.69, 9.17) is 5.73 Å². The first-order valence-corrected chi connectivity index (χ1v) is 3.54. The van der Waals surface area contributed by atoms with Gasteiger partial charge in [0.1, 0.15) is 6.33 Å². The highest BCUT2D eigenvalue weighted by Crippen LogP contribution is 1.88. The number of amides is 1. The van der Waals surface area contributed by atoms with Gasteiger partial charge in [0.15, 0.2) is 0 Å². The van der Waals surface area contributed by atoms with Gasteiger partial charge in [0.25, 0.3) is 0 Å². The number of hydrogen-bond donors (Lipinski definition) is 2. The molecule has 0 saturated heterocycles. The maximum absolute atomic E-state index is 10.7. The quantitative estimate of drug-likeness (QED) is 0.606. The third kappa shape index (κ3) is 2.63. The van der Waals surface area contributed by atoms with Crippen LogP contribution < -0.4 is 11.1 Å². The molecule has 0 radical (unpaired) electrons. The van der Waals surface area contributed by atoms with E-state index in [1.54, 1.807) is 12.3 Å². The third-order valence-electron chi connectivity index (χ3n) is 1.30. The number of hydrogen-bond acceptors (Lipinski definition) is 4. The number of nitrogens with zero attached hydrogens (tertiary/aromatic N) is 2. The minimum Gasteiger partial charge on any atom is -0.349 e. The Morgan fingerprint density at radius 2 is 2.50 bits per heavy atom. The van der Waals surface area contributed by atoms with E-state index in [1.807, 2.05) is 0 Å². The zero-order valence-corrected chi connectivity index (χ0v) is 6.53. The lowest BCUT2D eigenvalue weighted by molar-refractivity contribution is -0.119. The standard InChI is InChI=1S/C7H10N4O/c8-3-7(12)10-4-6-1-2-9-5-11-6/h1-2,5H,3-4,8H2,(H,10,12). The van der Waals surface area contributed by atoms with Crippen LogP contribution in [0.15, 0.2) is 18.6 Å². The van der Waals surface area contributed by atoms with Crippen molar-refractivity contribution in [3.8, 4) is 0 Å². The van der Waals surface area contributed by atoms with Gasteiger partial charge in [0.2, 0.25) is 5.91 Å². The van der Waals surface area contributed by atoms with Crippen molar-refractivity contribution in [1.82, 2.24) is 15.3 Å². The SMILES string of the molecule is NCC(=O)NCc1ccncn1. The van der Waals surface area contributed by atoms with Crippen LogP contribution in [0.5, 0.6) is 0 Å². The average molecular weight is 166 g/mol. The largest absolute Gasteiger partial charge is 0.349 e. The zero-order valence-electron chi connectivity index (χ0n) is 6.53. The molecule has 1 aromatic rings. The number of nitrogens with one attached hydrogen (secondary N) is 1. The van der Waals surface area contributed by atoms with Crippen molar-refractivity contribution in [3.05, 3.63) is 24.3 Å². The predicted molar refractivity (Wildman–Crippen MR) is 42.9 cm³/mol. The second-order valence-electron chi connectivity index (χ2n) is 2.18. The first kappa shape index (κ1) is 8.61. The molecule has 0 aliphatic rings. The average Bonchev–Trinajstić information content (AvgIpc) is 2.16. The first-order valence-electron chi connectivity index (χ1n) is 3.54. The molecule has 64 valence electrons. The number of aromatic nitrogens is 2. The van der Waals surface area contributed by atoms with Crippen LogP contribution in [0.3, 0.4) is 0 Å². The summed E-state index contributed by atoms with van der Waals surface area (Å²) in [5, 5.41) is 2.59. The lowest BCUT2D eigenvalue weighted by Crippen LogP contribution is -2.29. The topological polar surface area (TPSA) is 80.9 Å². The Bertz CT molecular complexity index is 249. The summed E-state index contributed by atoms with van der Waals surface area (Å²) < 4.78 is 0. The fourth-order valence-electron chi connectivity index (χ4n) is 0.684. The van der Waals surface area contributed by atoms with Crippen molar-refractivity contribution < 1.29 is 4.79 Å². The van der Waals surface area contributed by atoms with Gasteiger partial charge >= 0.3 is 0 Å². The molecule has 5 heteroatoms. The lowest BCUT2D eigenvalue weighted by atomic mass is 10.4. The van der Waals surface area contributed by atoms with Crippen LogP contribution in [0.1, 0.15) is 5.69 Å². The van der Waals surface area contributed by atoms with E-state index in [9.17, 15) is 4.79 Å². The minimum atomic E-state index is -0.186. The van der Waals surface area contributed by atoms with Gasteiger partial charge in [-0.05, 0) is 6.07 Å². The molecule has 0 atom stereocenters. The Hall–Kier alpha value is -1.49. The van der Waals surface area contributed by atoms with Crippen LogP contribution >= 0.6 is 0 Å². The van der Waals surface area contributed by atoms with E-state index < -0.39 is 0 Å². The predicted octanol–water partition coefficient (Wildman–Crippen LogP) is -0.948. The van der Waals surface area contributed by atoms with Crippen molar-refractivity contribution in [2.45, 2.75) is 6.54 Å². The van der Waals surface area contributed by atoms with Crippen LogP contribution in [0.4, 0.5) is 0 Å². The third-order valence-corrected chi connectivity index (χ3v) is 1.30. The van der Waals surface area contributed by atoms with Gasteiger partial charge in [0.05, 0.1) is 18.8 Å². The highest BCUT2D eigenvalue weighted by molar-refractivity contribution is 5.77. The Morgan fingerprint density at radius 1 is 1.67 bits per heavy atom. The molecule has 0 bridgehead atoms. The van der Waals surface area contributed by atoms with Gasteiger partial charge in [-0.1, -0.05) is 0 Å². The van der Waals surface area contributed by atoms with Crippen molar-refractivity contribution in [2.75, 3.05) is 6.54 Å². The first-order chi connectivity index (χ1) is 5.83. The van der Waals surface area contributed by atoms with Gasteiger partial charge in [-0.2, -0.15) is 0 Å². The molecule has 0 aliphatic heterocycles. The second-order valence-corrected chi connectivity index (χ2v) is 2.18. The Labute approximate surface area is 70.0 Å². The fourth-order valence-corrected chi connectivity index (χ4v) is 0.684. The molecule has 0 spiro atoms.